The lowest BCUT2D eigenvalue weighted by Crippen LogP contribution is -2.19. The lowest BCUT2D eigenvalue weighted by atomic mass is 10.1. The van der Waals surface area contributed by atoms with E-state index in [4.69, 9.17) is 0 Å². The Hall–Kier alpha value is -1.32. The molecule has 1 nitrogen and oxygen atoms in total. The van der Waals surface area contributed by atoms with Gasteiger partial charge in [0, 0.05) is 23.0 Å². The van der Waals surface area contributed by atoms with Gasteiger partial charge in [-0.2, -0.15) is 0 Å². The van der Waals surface area contributed by atoms with Crippen molar-refractivity contribution in [2.24, 2.45) is 0 Å². The summed E-state index contributed by atoms with van der Waals surface area (Å²) in [5, 5.41) is 3.35. The zero-order valence-corrected chi connectivity index (χ0v) is 12.0. The molecule has 2 rings (SSSR count). The summed E-state index contributed by atoms with van der Waals surface area (Å²) in [6, 6.07) is 15.3. The Morgan fingerprint density at radius 3 is 2.42 bits per heavy atom. The van der Waals surface area contributed by atoms with Crippen molar-refractivity contribution in [3.05, 3.63) is 65.5 Å². The summed E-state index contributed by atoms with van der Waals surface area (Å²) in [4.78, 5) is 1.26. The third kappa shape index (κ3) is 3.82. The zero-order chi connectivity index (χ0) is 13.7. The van der Waals surface area contributed by atoms with Gasteiger partial charge in [0.05, 0.1) is 0 Å². The summed E-state index contributed by atoms with van der Waals surface area (Å²) >= 11 is 1.73. The molecule has 0 bridgehead atoms. The Labute approximate surface area is 118 Å². The van der Waals surface area contributed by atoms with Crippen molar-refractivity contribution in [1.82, 2.24) is 5.32 Å². The first-order valence-corrected chi connectivity index (χ1v) is 7.54. The van der Waals surface area contributed by atoms with Crippen molar-refractivity contribution in [3.63, 3.8) is 0 Å². The Balaban J connectivity index is 1.96. The number of rotatable bonds is 5. The standard InChI is InChI=1S/C16H18FNS/c1-12(15-5-3-4-6-16(15)17)18-11-13-7-9-14(19-2)10-8-13/h3-10,12,18H,11H2,1-2H3/t12-/m1/s1. The highest BCUT2D eigenvalue weighted by Crippen LogP contribution is 2.18. The molecule has 0 aliphatic heterocycles. The van der Waals surface area contributed by atoms with E-state index < -0.39 is 0 Å². The zero-order valence-electron chi connectivity index (χ0n) is 11.2. The normalized spacial score (nSPS) is 12.4. The molecule has 2 aromatic carbocycles. The van der Waals surface area contributed by atoms with Crippen molar-refractivity contribution < 1.29 is 4.39 Å². The van der Waals surface area contributed by atoms with Gasteiger partial charge in [-0.25, -0.2) is 4.39 Å². The van der Waals surface area contributed by atoms with E-state index in [-0.39, 0.29) is 11.9 Å². The molecule has 0 amide bonds. The van der Waals surface area contributed by atoms with Crippen molar-refractivity contribution in [3.8, 4) is 0 Å². The van der Waals surface area contributed by atoms with Crippen LogP contribution in [0.1, 0.15) is 24.1 Å². The first kappa shape index (κ1) is 14.1. The fourth-order valence-electron chi connectivity index (χ4n) is 1.95. The average molecular weight is 275 g/mol. The first-order valence-electron chi connectivity index (χ1n) is 6.31. The minimum absolute atomic E-state index is 0.00132. The maximum absolute atomic E-state index is 13.6. The fraction of sp³-hybridized carbons (Fsp3) is 0.250. The van der Waals surface area contributed by atoms with Crippen LogP contribution in [0.2, 0.25) is 0 Å². The van der Waals surface area contributed by atoms with Crippen LogP contribution in [0.3, 0.4) is 0 Å². The summed E-state index contributed by atoms with van der Waals surface area (Å²) < 4.78 is 13.6. The molecule has 0 radical (unpaired) electrons. The quantitative estimate of drug-likeness (QED) is 0.812. The number of hydrogen-bond acceptors (Lipinski definition) is 2. The van der Waals surface area contributed by atoms with Crippen molar-refractivity contribution in [2.45, 2.75) is 24.4 Å². The number of benzene rings is 2. The Bertz CT molecular complexity index is 525. The Kier molecular flexibility index (Phi) is 5.00. The highest BCUT2D eigenvalue weighted by molar-refractivity contribution is 7.98. The minimum atomic E-state index is -0.153. The fourth-order valence-corrected chi connectivity index (χ4v) is 2.36. The molecule has 0 spiro atoms. The largest absolute Gasteiger partial charge is 0.306 e. The van der Waals surface area contributed by atoms with E-state index in [2.05, 4.69) is 35.8 Å². The molecule has 3 heteroatoms. The third-order valence-corrected chi connectivity index (χ3v) is 3.89. The van der Waals surface area contributed by atoms with E-state index in [0.717, 1.165) is 6.54 Å². The van der Waals surface area contributed by atoms with Crippen LogP contribution >= 0.6 is 11.8 Å². The second-order valence-corrected chi connectivity index (χ2v) is 5.35. The third-order valence-electron chi connectivity index (χ3n) is 3.14. The summed E-state index contributed by atoms with van der Waals surface area (Å²) in [5.41, 5.74) is 1.92. The van der Waals surface area contributed by atoms with Crippen LogP contribution in [-0.2, 0) is 6.54 Å². The molecule has 1 atom stereocenters. The molecule has 0 aliphatic carbocycles. The molecule has 0 aromatic heterocycles. The van der Waals surface area contributed by atoms with Gasteiger partial charge in [-0.1, -0.05) is 30.3 Å². The molecule has 2 aromatic rings. The molecule has 0 heterocycles. The van der Waals surface area contributed by atoms with Crippen molar-refractivity contribution >= 4 is 11.8 Å². The van der Waals surface area contributed by atoms with E-state index in [9.17, 15) is 4.39 Å². The van der Waals surface area contributed by atoms with E-state index in [1.54, 1.807) is 17.8 Å². The second-order valence-electron chi connectivity index (χ2n) is 4.47. The highest BCUT2D eigenvalue weighted by atomic mass is 32.2. The van der Waals surface area contributed by atoms with Crippen LogP contribution in [-0.4, -0.2) is 6.26 Å². The van der Waals surface area contributed by atoms with Gasteiger partial charge in [-0.05, 0) is 36.9 Å². The number of thioether (sulfide) groups is 1. The molecule has 19 heavy (non-hydrogen) atoms. The van der Waals surface area contributed by atoms with Gasteiger partial charge in [0.15, 0.2) is 0 Å². The number of hydrogen-bond donors (Lipinski definition) is 1. The van der Waals surface area contributed by atoms with Gasteiger partial charge in [0.25, 0.3) is 0 Å². The monoisotopic (exact) mass is 275 g/mol. The predicted molar refractivity (Wildman–Crippen MR) is 79.9 cm³/mol. The van der Waals surface area contributed by atoms with Crippen LogP contribution < -0.4 is 5.32 Å². The predicted octanol–water partition coefficient (Wildman–Crippen LogP) is 4.40. The van der Waals surface area contributed by atoms with Gasteiger partial charge >= 0.3 is 0 Å². The van der Waals surface area contributed by atoms with Crippen LogP contribution in [0.25, 0.3) is 0 Å². The SMILES string of the molecule is CSc1ccc(CN[C@H](C)c2ccccc2F)cc1. The van der Waals surface area contributed by atoms with Gasteiger partial charge in [0.1, 0.15) is 5.82 Å². The summed E-state index contributed by atoms with van der Waals surface area (Å²) in [6.45, 7) is 2.72. The summed E-state index contributed by atoms with van der Waals surface area (Å²) in [6.07, 6.45) is 2.06. The van der Waals surface area contributed by atoms with Crippen molar-refractivity contribution in [2.75, 3.05) is 6.26 Å². The molecule has 0 unspecified atom stereocenters. The molecule has 0 saturated carbocycles. The molecule has 100 valence electrons. The second kappa shape index (κ2) is 6.73. The number of nitrogens with one attached hydrogen (secondary N) is 1. The maximum Gasteiger partial charge on any atom is 0.127 e. The molecular weight excluding hydrogens is 257 g/mol. The van der Waals surface area contributed by atoms with Gasteiger partial charge in [-0.15, -0.1) is 11.8 Å². The van der Waals surface area contributed by atoms with Gasteiger partial charge < -0.3 is 5.32 Å². The molecule has 0 fully saturated rings. The summed E-state index contributed by atoms with van der Waals surface area (Å²) in [7, 11) is 0. The lowest BCUT2D eigenvalue weighted by Gasteiger charge is -2.15. The minimum Gasteiger partial charge on any atom is -0.306 e. The van der Waals surface area contributed by atoms with E-state index in [0.29, 0.717) is 5.56 Å². The first-order chi connectivity index (χ1) is 9.20. The van der Waals surface area contributed by atoms with Crippen LogP contribution in [0, 0.1) is 5.82 Å². The Morgan fingerprint density at radius 1 is 1.11 bits per heavy atom. The smallest absolute Gasteiger partial charge is 0.127 e. The molecule has 1 N–H and O–H groups in total. The topological polar surface area (TPSA) is 12.0 Å². The van der Waals surface area contributed by atoms with Crippen LogP contribution in [0.15, 0.2) is 53.4 Å². The van der Waals surface area contributed by atoms with Crippen molar-refractivity contribution in [1.29, 1.82) is 0 Å². The van der Waals surface area contributed by atoms with E-state index in [1.807, 2.05) is 19.1 Å². The van der Waals surface area contributed by atoms with Gasteiger partial charge in [0.2, 0.25) is 0 Å². The van der Waals surface area contributed by atoms with Crippen LogP contribution in [0.5, 0.6) is 0 Å². The van der Waals surface area contributed by atoms with Gasteiger partial charge in [-0.3, -0.25) is 0 Å². The lowest BCUT2D eigenvalue weighted by molar-refractivity contribution is 0.528. The average Bonchev–Trinajstić information content (AvgIpc) is 2.46. The maximum atomic E-state index is 13.6. The van der Waals surface area contributed by atoms with Crippen LogP contribution in [0.4, 0.5) is 4.39 Å². The van der Waals surface area contributed by atoms with E-state index >= 15 is 0 Å². The summed E-state index contributed by atoms with van der Waals surface area (Å²) in [5.74, 6) is -0.153. The van der Waals surface area contributed by atoms with E-state index in [1.165, 1.54) is 16.5 Å². The molecule has 0 saturated heterocycles. The molecule has 0 aliphatic rings. The Morgan fingerprint density at radius 2 is 1.79 bits per heavy atom. The highest BCUT2D eigenvalue weighted by Gasteiger charge is 2.09. The molecular formula is C16H18FNS. The number of halogens is 1.